The summed E-state index contributed by atoms with van der Waals surface area (Å²) < 4.78 is 18.7. The monoisotopic (exact) mass is 394 g/mol. The molecule has 0 aliphatic carbocycles. The summed E-state index contributed by atoms with van der Waals surface area (Å²) in [5, 5.41) is 0. The molecule has 0 N–H and O–H groups in total. The number of hydrogen-bond acceptors (Lipinski definition) is 6. The van der Waals surface area contributed by atoms with Gasteiger partial charge in [0.25, 0.3) is 0 Å². The number of benzene rings is 1. The summed E-state index contributed by atoms with van der Waals surface area (Å²) in [7, 11) is 0. The molecule has 1 aromatic carbocycles. The van der Waals surface area contributed by atoms with Gasteiger partial charge in [0.1, 0.15) is 11.4 Å². The molecule has 1 fully saturated rings. The van der Waals surface area contributed by atoms with E-state index in [9.17, 15) is 0 Å². The van der Waals surface area contributed by atoms with Crippen molar-refractivity contribution < 1.29 is 14.2 Å². The van der Waals surface area contributed by atoms with Crippen LogP contribution in [0.3, 0.4) is 0 Å². The fourth-order valence-electron chi connectivity index (χ4n) is 3.91. The third kappa shape index (κ3) is 4.31. The Morgan fingerprint density at radius 3 is 2.72 bits per heavy atom. The van der Waals surface area contributed by atoms with Crippen molar-refractivity contribution in [3.8, 4) is 17.2 Å². The Balaban J connectivity index is 1.02. The second-order valence-corrected chi connectivity index (χ2v) is 7.53. The van der Waals surface area contributed by atoms with E-state index in [1.54, 1.807) is 0 Å². The van der Waals surface area contributed by atoms with Crippen molar-refractivity contribution in [2.24, 2.45) is 0 Å². The molecule has 0 spiro atoms. The number of rotatable bonds is 7. The molecule has 0 unspecified atom stereocenters. The standard InChI is InChI=1S/C22H26N4O3/c1-2-8-26-16-18(23-22(26)4-1)15-25-11-9-24(10-12-25)7-3-13-27-19-5-6-20-21(14-19)29-17-28-20/h1-2,4-6,8,14,16H,3,7,9-13,15,17H2. The van der Waals surface area contributed by atoms with Crippen molar-refractivity contribution in [3.05, 3.63) is 54.5 Å². The average molecular weight is 394 g/mol. The summed E-state index contributed by atoms with van der Waals surface area (Å²) in [6.07, 6.45) is 5.20. The highest BCUT2D eigenvalue weighted by molar-refractivity contribution is 5.46. The lowest BCUT2D eigenvalue weighted by Gasteiger charge is -2.34. The zero-order valence-electron chi connectivity index (χ0n) is 16.5. The molecular weight excluding hydrogens is 368 g/mol. The third-order valence-corrected chi connectivity index (χ3v) is 5.50. The Morgan fingerprint density at radius 1 is 0.966 bits per heavy atom. The van der Waals surface area contributed by atoms with Crippen LogP contribution >= 0.6 is 0 Å². The molecule has 3 aromatic rings. The summed E-state index contributed by atoms with van der Waals surface area (Å²) in [5.41, 5.74) is 2.16. The second-order valence-electron chi connectivity index (χ2n) is 7.53. The summed E-state index contributed by atoms with van der Waals surface area (Å²) in [4.78, 5) is 9.72. The van der Waals surface area contributed by atoms with Gasteiger partial charge in [0.15, 0.2) is 11.5 Å². The lowest BCUT2D eigenvalue weighted by Crippen LogP contribution is -2.46. The van der Waals surface area contributed by atoms with Crippen LogP contribution in [0.15, 0.2) is 48.8 Å². The topological polar surface area (TPSA) is 51.5 Å². The van der Waals surface area contributed by atoms with E-state index in [0.717, 1.165) is 74.3 Å². The first-order valence-electron chi connectivity index (χ1n) is 10.2. The van der Waals surface area contributed by atoms with Gasteiger partial charge in [-0.15, -0.1) is 0 Å². The SMILES string of the molecule is c1ccn2cc(CN3CCN(CCCOc4ccc5c(c4)OCO5)CC3)nc2c1. The number of piperazine rings is 1. The maximum Gasteiger partial charge on any atom is 0.231 e. The maximum atomic E-state index is 5.87. The Bertz CT molecular complexity index is 933. The Labute approximate surface area is 170 Å². The third-order valence-electron chi connectivity index (χ3n) is 5.50. The predicted octanol–water partition coefficient (Wildman–Crippen LogP) is 2.65. The van der Waals surface area contributed by atoms with Crippen LogP contribution in [-0.2, 0) is 6.54 Å². The van der Waals surface area contributed by atoms with Crippen molar-refractivity contribution in [3.63, 3.8) is 0 Å². The molecule has 0 atom stereocenters. The highest BCUT2D eigenvalue weighted by Crippen LogP contribution is 2.35. The molecule has 0 amide bonds. The van der Waals surface area contributed by atoms with Gasteiger partial charge in [-0.25, -0.2) is 4.98 Å². The summed E-state index contributed by atoms with van der Waals surface area (Å²) in [6, 6.07) is 11.9. The number of nitrogens with zero attached hydrogens (tertiary/aromatic N) is 4. The molecule has 2 aliphatic heterocycles. The van der Waals surface area contributed by atoms with Crippen LogP contribution < -0.4 is 14.2 Å². The molecule has 0 radical (unpaired) electrons. The normalized spacial score (nSPS) is 17.1. The molecule has 2 aliphatic rings. The zero-order valence-corrected chi connectivity index (χ0v) is 16.5. The van der Waals surface area contributed by atoms with Crippen LogP contribution in [0.5, 0.6) is 17.2 Å². The highest BCUT2D eigenvalue weighted by atomic mass is 16.7. The fraction of sp³-hybridized carbons (Fsp3) is 0.409. The molecule has 29 heavy (non-hydrogen) atoms. The van der Waals surface area contributed by atoms with Crippen LogP contribution in [0, 0.1) is 0 Å². The Hall–Kier alpha value is -2.77. The molecule has 4 heterocycles. The zero-order chi connectivity index (χ0) is 19.5. The van der Waals surface area contributed by atoms with E-state index in [-0.39, 0.29) is 0 Å². The van der Waals surface area contributed by atoms with Gasteiger partial charge in [-0.2, -0.15) is 0 Å². The smallest absolute Gasteiger partial charge is 0.231 e. The Morgan fingerprint density at radius 2 is 1.83 bits per heavy atom. The number of hydrogen-bond donors (Lipinski definition) is 0. The average Bonchev–Trinajstić information content (AvgIpc) is 3.38. The quantitative estimate of drug-likeness (QED) is 0.575. The van der Waals surface area contributed by atoms with Crippen molar-refractivity contribution in [1.82, 2.24) is 19.2 Å². The lowest BCUT2D eigenvalue weighted by molar-refractivity contribution is 0.120. The largest absolute Gasteiger partial charge is 0.493 e. The van der Waals surface area contributed by atoms with Crippen molar-refractivity contribution in [2.45, 2.75) is 13.0 Å². The van der Waals surface area contributed by atoms with Crippen molar-refractivity contribution >= 4 is 5.65 Å². The van der Waals surface area contributed by atoms with Gasteiger partial charge in [0.2, 0.25) is 6.79 Å². The van der Waals surface area contributed by atoms with Gasteiger partial charge in [-0.3, -0.25) is 4.90 Å². The predicted molar refractivity (Wildman–Crippen MR) is 110 cm³/mol. The molecule has 5 rings (SSSR count). The lowest BCUT2D eigenvalue weighted by atomic mass is 10.2. The summed E-state index contributed by atoms with van der Waals surface area (Å²) in [5.74, 6) is 2.40. The molecule has 1 saturated heterocycles. The van der Waals surface area contributed by atoms with Crippen LogP contribution in [0.4, 0.5) is 0 Å². The molecule has 7 nitrogen and oxygen atoms in total. The van der Waals surface area contributed by atoms with Crippen LogP contribution in [0.2, 0.25) is 0 Å². The second kappa shape index (κ2) is 8.31. The minimum Gasteiger partial charge on any atom is -0.493 e. The van der Waals surface area contributed by atoms with Gasteiger partial charge < -0.3 is 23.5 Å². The van der Waals surface area contributed by atoms with Crippen LogP contribution in [0.25, 0.3) is 5.65 Å². The first kappa shape index (κ1) is 18.3. The molecule has 7 heteroatoms. The molecule has 0 saturated carbocycles. The Kier molecular flexibility index (Phi) is 5.23. The van der Waals surface area contributed by atoms with Gasteiger partial charge in [-0.1, -0.05) is 6.07 Å². The molecule has 152 valence electrons. The van der Waals surface area contributed by atoms with E-state index in [4.69, 9.17) is 19.2 Å². The number of imidazole rings is 1. The first-order valence-corrected chi connectivity index (χ1v) is 10.2. The van der Waals surface area contributed by atoms with Crippen LogP contribution in [0.1, 0.15) is 12.1 Å². The minimum absolute atomic E-state index is 0.294. The molecule has 2 aromatic heterocycles. The summed E-state index contributed by atoms with van der Waals surface area (Å²) >= 11 is 0. The number of pyridine rings is 1. The van der Waals surface area contributed by atoms with E-state index in [0.29, 0.717) is 13.4 Å². The van der Waals surface area contributed by atoms with E-state index in [1.165, 1.54) is 0 Å². The van der Waals surface area contributed by atoms with Gasteiger partial charge in [-0.05, 0) is 30.7 Å². The van der Waals surface area contributed by atoms with Crippen LogP contribution in [-0.4, -0.2) is 65.3 Å². The number of aromatic nitrogens is 2. The maximum absolute atomic E-state index is 5.87. The van der Waals surface area contributed by atoms with Gasteiger partial charge in [0, 0.05) is 57.7 Å². The van der Waals surface area contributed by atoms with Gasteiger partial charge >= 0.3 is 0 Å². The molecular formula is C22H26N4O3. The minimum atomic E-state index is 0.294. The highest BCUT2D eigenvalue weighted by Gasteiger charge is 2.18. The fourth-order valence-corrected chi connectivity index (χ4v) is 3.91. The van der Waals surface area contributed by atoms with Crippen molar-refractivity contribution in [1.29, 1.82) is 0 Å². The van der Waals surface area contributed by atoms with E-state index in [2.05, 4.69) is 26.6 Å². The first-order chi connectivity index (χ1) is 14.3. The molecule has 0 bridgehead atoms. The van der Waals surface area contributed by atoms with Gasteiger partial charge in [0.05, 0.1) is 12.3 Å². The number of ether oxygens (including phenoxy) is 3. The number of fused-ring (bicyclic) bond motifs is 2. The summed E-state index contributed by atoms with van der Waals surface area (Å²) in [6.45, 7) is 7.33. The van der Waals surface area contributed by atoms with E-state index in [1.807, 2.05) is 36.4 Å². The van der Waals surface area contributed by atoms with Crippen molar-refractivity contribution in [2.75, 3.05) is 46.1 Å². The van der Waals surface area contributed by atoms with E-state index >= 15 is 0 Å². The van der Waals surface area contributed by atoms with E-state index < -0.39 is 0 Å².